The van der Waals surface area contributed by atoms with Crippen LogP contribution in [0, 0.1) is 0 Å². The Bertz CT molecular complexity index is 970. The van der Waals surface area contributed by atoms with Gasteiger partial charge in [0.1, 0.15) is 17.0 Å². The summed E-state index contributed by atoms with van der Waals surface area (Å²) in [6.07, 6.45) is -0.856. The molecule has 31 heavy (non-hydrogen) atoms. The van der Waals surface area contributed by atoms with E-state index >= 15 is 0 Å². The zero-order valence-electron chi connectivity index (χ0n) is 18.3. The molecule has 4 rings (SSSR count). The van der Waals surface area contributed by atoms with Crippen LogP contribution < -0.4 is 10.1 Å². The van der Waals surface area contributed by atoms with Crippen molar-refractivity contribution in [3.63, 3.8) is 0 Å². The third-order valence-electron chi connectivity index (χ3n) is 5.96. The number of hydrogen-bond acceptors (Lipinski definition) is 6. The molecular weight excluding hydrogens is 392 g/mol. The number of nitrogens with zero attached hydrogens (tertiary/aromatic N) is 3. The molecule has 0 bridgehead atoms. The Morgan fingerprint density at radius 3 is 2.61 bits per heavy atom. The van der Waals surface area contributed by atoms with Crippen molar-refractivity contribution in [2.45, 2.75) is 25.6 Å². The maximum absolute atomic E-state index is 11.0. The number of para-hydroxylation sites is 1. The first-order valence-corrected chi connectivity index (χ1v) is 11.0. The molecule has 0 amide bonds. The number of aliphatic hydroxyl groups excluding tert-OH is 1. The number of nitrogens with one attached hydrogen (secondary N) is 1. The highest BCUT2D eigenvalue weighted by Gasteiger charge is 2.21. The van der Waals surface area contributed by atoms with Crippen molar-refractivity contribution < 1.29 is 14.6 Å². The molecule has 2 N–H and O–H groups in total. The van der Waals surface area contributed by atoms with E-state index in [1.54, 1.807) is 7.11 Å². The van der Waals surface area contributed by atoms with E-state index < -0.39 is 6.23 Å². The van der Waals surface area contributed by atoms with Crippen LogP contribution in [0.2, 0.25) is 0 Å². The Morgan fingerprint density at radius 2 is 1.87 bits per heavy atom. The molecule has 7 heteroatoms. The molecule has 1 aliphatic heterocycles. The lowest BCUT2D eigenvalue weighted by Crippen LogP contribution is -2.38. The van der Waals surface area contributed by atoms with Crippen LogP contribution in [-0.4, -0.2) is 66.3 Å². The minimum absolute atomic E-state index is 0.278. The fourth-order valence-electron chi connectivity index (χ4n) is 4.10. The molecule has 3 aromatic rings. The number of aromatic nitrogens is 2. The molecule has 7 nitrogen and oxygen atoms in total. The van der Waals surface area contributed by atoms with Gasteiger partial charge in [-0.25, -0.2) is 0 Å². The van der Waals surface area contributed by atoms with Crippen LogP contribution in [0.3, 0.4) is 0 Å². The predicted molar refractivity (Wildman–Crippen MR) is 121 cm³/mol. The fourth-order valence-corrected chi connectivity index (χ4v) is 4.10. The SMILES string of the molecule is COc1cccc2c(C(O)NCC(C)c3ccccc3)nn(CCN3CCOCC3)c12. The van der Waals surface area contributed by atoms with Gasteiger partial charge in [0.2, 0.25) is 0 Å². The first kappa shape index (κ1) is 21.8. The van der Waals surface area contributed by atoms with E-state index in [-0.39, 0.29) is 5.92 Å². The third-order valence-corrected chi connectivity index (χ3v) is 5.96. The lowest BCUT2D eigenvalue weighted by atomic mass is 10.0. The normalized spacial score (nSPS) is 17.0. The number of ether oxygens (including phenoxy) is 2. The van der Waals surface area contributed by atoms with E-state index in [1.807, 2.05) is 41.1 Å². The van der Waals surface area contributed by atoms with Crippen LogP contribution >= 0.6 is 0 Å². The third kappa shape index (κ3) is 5.07. The first-order valence-electron chi connectivity index (χ1n) is 11.0. The minimum atomic E-state index is -0.856. The summed E-state index contributed by atoms with van der Waals surface area (Å²) in [6, 6.07) is 16.2. The van der Waals surface area contributed by atoms with Gasteiger partial charge in [-0.3, -0.25) is 14.9 Å². The highest BCUT2D eigenvalue weighted by atomic mass is 16.5. The van der Waals surface area contributed by atoms with Crippen LogP contribution in [-0.2, 0) is 11.3 Å². The Morgan fingerprint density at radius 1 is 1.10 bits per heavy atom. The second-order valence-corrected chi connectivity index (χ2v) is 8.04. The van der Waals surface area contributed by atoms with Crippen molar-refractivity contribution in [1.82, 2.24) is 20.0 Å². The van der Waals surface area contributed by atoms with Crippen LogP contribution in [0.4, 0.5) is 0 Å². The topological polar surface area (TPSA) is 71.8 Å². The molecule has 2 atom stereocenters. The summed E-state index contributed by atoms with van der Waals surface area (Å²) in [6.45, 7) is 7.83. The number of rotatable bonds is 9. The monoisotopic (exact) mass is 424 g/mol. The van der Waals surface area contributed by atoms with E-state index in [0.717, 1.165) is 56.0 Å². The molecule has 1 fully saturated rings. The van der Waals surface area contributed by atoms with Gasteiger partial charge in [0.05, 0.1) is 26.9 Å². The molecule has 0 radical (unpaired) electrons. The molecule has 0 spiro atoms. The highest BCUT2D eigenvalue weighted by Crippen LogP contribution is 2.30. The summed E-state index contributed by atoms with van der Waals surface area (Å²) in [5, 5.41) is 19.9. The predicted octanol–water partition coefficient (Wildman–Crippen LogP) is 2.76. The summed E-state index contributed by atoms with van der Waals surface area (Å²) < 4.78 is 13.0. The van der Waals surface area contributed by atoms with Gasteiger partial charge in [-0.1, -0.05) is 49.4 Å². The molecule has 1 aliphatic rings. The molecule has 0 aliphatic carbocycles. The largest absolute Gasteiger partial charge is 0.494 e. The van der Waals surface area contributed by atoms with Crippen molar-refractivity contribution in [2.24, 2.45) is 0 Å². The average molecular weight is 425 g/mol. The van der Waals surface area contributed by atoms with Crippen molar-refractivity contribution in [3.8, 4) is 5.75 Å². The maximum Gasteiger partial charge on any atom is 0.150 e. The van der Waals surface area contributed by atoms with Gasteiger partial charge in [-0.15, -0.1) is 0 Å². The molecular formula is C24H32N4O3. The van der Waals surface area contributed by atoms with Crippen LogP contribution in [0.1, 0.15) is 30.3 Å². The lowest BCUT2D eigenvalue weighted by molar-refractivity contribution is 0.0360. The number of fused-ring (bicyclic) bond motifs is 1. The Labute approximate surface area is 183 Å². The van der Waals surface area contributed by atoms with Gasteiger partial charge in [0.25, 0.3) is 0 Å². The second kappa shape index (κ2) is 10.2. The molecule has 2 aromatic carbocycles. The van der Waals surface area contributed by atoms with Gasteiger partial charge in [0.15, 0.2) is 6.23 Å². The molecule has 2 unspecified atom stereocenters. The summed E-state index contributed by atoms with van der Waals surface area (Å²) in [5.41, 5.74) is 2.80. The van der Waals surface area contributed by atoms with E-state index in [4.69, 9.17) is 14.6 Å². The lowest BCUT2D eigenvalue weighted by Gasteiger charge is -2.26. The number of morpholine rings is 1. The van der Waals surface area contributed by atoms with E-state index in [9.17, 15) is 5.11 Å². The van der Waals surface area contributed by atoms with Crippen molar-refractivity contribution in [3.05, 3.63) is 59.8 Å². The van der Waals surface area contributed by atoms with Crippen molar-refractivity contribution >= 4 is 10.9 Å². The quantitative estimate of drug-likeness (QED) is 0.515. The molecule has 2 heterocycles. The maximum atomic E-state index is 11.0. The zero-order chi connectivity index (χ0) is 21.6. The van der Waals surface area contributed by atoms with E-state index in [2.05, 4.69) is 29.3 Å². The number of benzene rings is 2. The van der Waals surface area contributed by atoms with Crippen LogP contribution in [0.25, 0.3) is 10.9 Å². The first-order chi connectivity index (χ1) is 15.2. The molecule has 1 aromatic heterocycles. The number of hydrogen-bond donors (Lipinski definition) is 2. The average Bonchev–Trinajstić information content (AvgIpc) is 3.21. The Hall–Kier alpha value is -2.45. The Kier molecular flexibility index (Phi) is 7.19. The minimum Gasteiger partial charge on any atom is -0.494 e. The standard InChI is InChI=1S/C24H32N4O3/c1-18(19-7-4-3-5-8-19)17-25-24(29)22-20-9-6-10-21(30-2)23(20)28(26-22)12-11-27-13-15-31-16-14-27/h3-10,18,24-25,29H,11-17H2,1-2H3. The van der Waals surface area contributed by atoms with Gasteiger partial charge < -0.3 is 14.6 Å². The summed E-state index contributed by atoms with van der Waals surface area (Å²) in [5.74, 6) is 1.04. The molecule has 166 valence electrons. The highest BCUT2D eigenvalue weighted by molar-refractivity contribution is 5.87. The van der Waals surface area contributed by atoms with E-state index in [1.165, 1.54) is 5.56 Å². The van der Waals surface area contributed by atoms with E-state index in [0.29, 0.717) is 12.2 Å². The van der Waals surface area contributed by atoms with Crippen LogP contribution in [0.15, 0.2) is 48.5 Å². The molecule has 1 saturated heterocycles. The van der Waals surface area contributed by atoms with Crippen LogP contribution in [0.5, 0.6) is 5.75 Å². The fraction of sp³-hybridized carbons (Fsp3) is 0.458. The van der Waals surface area contributed by atoms with Gasteiger partial charge in [0, 0.05) is 31.6 Å². The van der Waals surface area contributed by atoms with Crippen molar-refractivity contribution in [1.29, 1.82) is 0 Å². The Balaban J connectivity index is 1.52. The zero-order valence-corrected chi connectivity index (χ0v) is 18.3. The summed E-state index contributed by atoms with van der Waals surface area (Å²) in [7, 11) is 1.67. The second-order valence-electron chi connectivity index (χ2n) is 8.04. The van der Waals surface area contributed by atoms with Gasteiger partial charge in [-0.2, -0.15) is 5.10 Å². The molecule has 0 saturated carbocycles. The summed E-state index contributed by atoms with van der Waals surface area (Å²) >= 11 is 0. The number of methoxy groups -OCH3 is 1. The number of aliphatic hydroxyl groups is 1. The van der Waals surface area contributed by atoms with Crippen molar-refractivity contribution in [2.75, 3.05) is 46.5 Å². The smallest absolute Gasteiger partial charge is 0.150 e. The van der Waals surface area contributed by atoms with Gasteiger partial charge in [-0.05, 0) is 17.5 Å². The summed E-state index contributed by atoms with van der Waals surface area (Å²) in [4.78, 5) is 2.38. The van der Waals surface area contributed by atoms with Gasteiger partial charge >= 0.3 is 0 Å².